The second kappa shape index (κ2) is 8.13. The van der Waals surface area contributed by atoms with Gasteiger partial charge in [-0.3, -0.25) is 14.1 Å². The van der Waals surface area contributed by atoms with Crippen LogP contribution in [0.3, 0.4) is 0 Å². The summed E-state index contributed by atoms with van der Waals surface area (Å²) < 4.78 is 3.69. The van der Waals surface area contributed by atoms with Crippen molar-refractivity contribution in [2.75, 3.05) is 11.6 Å². The van der Waals surface area contributed by atoms with Crippen molar-refractivity contribution >= 4 is 28.1 Å². The molecule has 2 aromatic carbocycles. The van der Waals surface area contributed by atoms with Gasteiger partial charge in [-0.05, 0) is 56.7 Å². The molecule has 5 rings (SSSR count). The van der Waals surface area contributed by atoms with Crippen molar-refractivity contribution in [2.45, 2.75) is 33.9 Å². The largest absolute Gasteiger partial charge is 0.329 e. The second-order valence-corrected chi connectivity index (χ2v) is 8.03. The Kier molecular flexibility index (Phi) is 5.15. The number of anilines is 1. The Morgan fingerprint density at radius 3 is 2.44 bits per heavy atom. The summed E-state index contributed by atoms with van der Waals surface area (Å²) in [5.41, 5.74) is 11.2. The van der Waals surface area contributed by atoms with Crippen LogP contribution < -0.4 is 16.1 Å². The maximum absolute atomic E-state index is 12.8. The Labute approximate surface area is 187 Å². The SMILES string of the molecule is CCn1c(=O)n(CC)c2cc(C3=C(c4cccc(C)c4)N(c4ccccn4)NC3)ccc21. The Balaban J connectivity index is 1.74. The fraction of sp³-hybridized carbons (Fsp3) is 0.231. The van der Waals surface area contributed by atoms with Crippen molar-refractivity contribution in [1.29, 1.82) is 0 Å². The van der Waals surface area contributed by atoms with E-state index in [0.29, 0.717) is 19.6 Å². The molecular formula is C26H27N5O. The molecule has 0 bridgehead atoms. The van der Waals surface area contributed by atoms with Crippen LogP contribution in [0.25, 0.3) is 22.3 Å². The molecule has 0 aliphatic carbocycles. The molecule has 6 heteroatoms. The van der Waals surface area contributed by atoms with Crippen LogP contribution in [-0.2, 0) is 13.1 Å². The number of pyridine rings is 1. The summed E-state index contributed by atoms with van der Waals surface area (Å²) in [7, 11) is 0. The third-order valence-electron chi connectivity index (χ3n) is 6.09. The molecule has 0 unspecified atom stereocenters. The highest BCUT2D eigenvalue weighted by molar-refractivity contribution is 6.00. The fourth-order valence-corrected chi connectivity index (χ4v) is 4.59. The molecule has 162 valence electrons. The van der Waals surface area contributed by atoms with Gasteiger partial charge in [0.2, 0.25) is 0 Å². The average molecular weight is 426 g/mol. The first-order valence-electron chi connectivity index (χ1n) is 11.1. The standard InChI is InChI=1S/C26H27N5O/c1-4-29-22-13-12-19(16-23(22)30(5-2)26(29)32)21-17-28-31(24-11-6-7-14-27-24)25(21)20-10-8-9-18(3)15-20/h6-16,28H,4-5,17H2,1-3H3. The van der Waals surface area contributed by atoms with E-state index in [1.807, 2.05) is 47.4 Å². The van der Waals surface area contributed by atoms with E-state index < -0.39 is 0 Å². The molecule has 0 spiro atoms. The van der Waals surface area contributed by atoms with Crippen molar-refractivity contribution in [1.82, 2.24) is 19.5 Å². The minimum atomic E-state index is 0.0506. The van der Waals surface area contributed by atoms with Gasteiger partial charge in [-0.2, -0.15) is 0 Å². The van der Waals surface area contributed by atoms with Crippen molar-refractivity contribution in [3.63, 3.8) is 0 Å². The number of aromatic nitrogens is 3. The van der Waals surface area contributed by atoms with Crippen LogP contribution in [0.2, 0.25) is 0 Å². The van der Waals surface area contributed by atoms with Crippen LogP contribution in [0.15, 0.2) is 71.7 Å². The van der Waals surface area contributed by atoms with Gasteiger partial charge in [0.05, 0.1) is 16.7 Å². The van der Waals surface area contributed by atoms with Gasteiger partial charge >= 0.3 is 5.69 Å². The van der Waals surface area contributed by atoms with Gasteiger partial charge in [-0.1, -0.05) is 35.9 Å². The third-order valence-corrected chi connectivity index (χ3v) is 6.09. The summed E-state index contributed by atoms with van der Waals surface area (Å²) in [6, 6.07) is 20.8. The smallest absolute Gasteiger partial charge is 0.292 e. The van der Waals surface area contributed by atoms with E-state index in [1.54, 1.807) is 0 Å². The third kappa shape index (κ3) is 3.24. The van der Waals surface area contributed by atoms with E-state index >= 15 is 0 Å². The zero-order valence-corrected chi connectivity index (χ0v) is 18.7. The zero-order valence-electron chi connectivity index (χ0n) is 18.7. The van der Waals surface area contributed by atoms with Gasteiger partial charge in [-0.25, -0.2) is 15.2 Å². The minimum absolute atomic E-state index is 0.0506. The van der Waals surface area contributed by atoms with Crippen LogP contribution in [0, 0.1) is 6.92 Å². The first-order valence-corrected chi connectivity index (χ1v) is 11.1. The zero-order chi connectivity index (χ0) is 22.2. The Hall–Kier alpha value is -3.64. The molecule has 3 heterocycles. The number of hydrogen-bond acceptors (Lipinski definition) is 4. The van der Waals surface area contributed by atoms with Crippen molar-refractivity contribution in [3.8, 4) is 0 Å². The van der Waals surface area contributed by atoms with E-state index in [4.69, 9.17) is 0 Å². The maximum atomic E-state index is 12.8. The molecule has 1 N–H and O–H groups in total. The molecule has 2 aromatic heterocycles. The monoisotopic (exact) mass is 425 g/mol. The van der Waals surface area contributed by atoms with Crippen molar-refractivity contribution < 1.29 is 0 Å². The highest BCUT2D eigenvalue weighted by atomic mass is 16.1. The molecule has 0 fully saturated rings. The lowest BCUT2D eigenvalue weighted by Gasteiger charge is -2.22. The molecule has 0 amide bonds. The minimum Gasteiger partial charge on any atom is -0.292 e. The molecule has 0 saturated heterocycles. The van der Waals surface area contributed by atoms with Gasteiger partial charge in [0.25, 0.3) is 0 Å². The number of benzene rings is 2. The van der Waals surface area contributed by atoms with E-state index in [-0.39, 0.29) is 5.69 Å². The van der Waals surface area contributed by atoms with Gasteiger partial charge in [-0.15, -0.1) is 0 Å². The maximum Gasteiger partial charge on any atom is 0.329 e. The summed E-state index contributed by atoms with van der Waals surface area (Å²) in [5, 5.41) is 2.07. The van der Waals surface area contributed by atoms with E-state index in [9.17, 15) is 4.79 Å². The number of nitrogens with zero attached hydrogens (tertiary/aromatic N) is 4. The molecule has 6 nitrogen and oxygen atoms in total. The Morgan fingerprint density at radius 2 is 1.72 bits per heavy atom. The van der Waals surface area contributed by atoms with Gasteiger partial charge in [0.1, 0.15) is 5.82 Å². The molecule has 1 aliphatic heterocycles. The van der Waals surface area contributed by atoms with Crippen molar-refractivity contribution in [3.05, 3.63) is 94.0 Å². The first kappa shape index (κ1) is 20.3. The van der Waals surface area contributed by atoms with Crippen LogP contribution >= 0.6 is 0 Å². The number of rotatable bonds is 5. The Bertz CT molecular complexity index is 1380. The van der Waals surface area contributed by atoms with Gasteiger partial charge in [0.15, 0.2) is 0 Å². The number of nitrogens with one attached hydrogen (secondary N) is 1. The summed E-state index contributed by atoms with van der Waals surface area (Å²) in [6.07, 6.45) is 1.81. The summed E-state index contributed by atoms with van der Waals surface area (Å²) in [6.45, 7) is 8.12. The predicted molar refractivity (Wildman–Crippen MR) is 130 cm³/mol. The number of hydrazine groups is 1. The lowest BCUT2D eigenvalue weighted by molar-refractivity contribution is 0.671. The summed E-state index contributed by atoms with van der Waals surface area (Å²) >= 11 is 0. The normalized spacial score (nSPS) is 14.0. The average Bonchev–Trinajstić information content (AvgIpc) is 3.37. The van der Waals surface area contributed by atoms with Gasteiger partial charge < -0.3 is 0 Å². The molecule has 32 heavy (non-hydrogen) atoms. The molecule has 0 radical (unpaired) electrons. The van der Waals surface area contributed by atoms with Crippen LogP contribution in [0.4, 0.5) is 5.82 Å². The number of imidazole rings is 1. The van der Waals surface area contributed by atoms with Crippen LogP contribution in [0.1, 0.15) is 30.5 Å². The van der Waals surface area contributed by atoms with Crippen molar-refractivity contribution in [2.24, 2.45) is 0 Å². The first-order chi connectivity index (χ1) is 15.6. The number of aryl methyl sites for hydroxylation is 3. The highest BCUT2D eigenvalue weighted by Gasteiger charge is 2.27. The van der Waals surface area contributed by atoms with Crippen LogP contribution in [-0.4, -0.2) is 20.7 Å². The van der Waals surface area contributed by atoms with E-state index in [0.717, 1.165) is 33.7 Å². The fourth-order valence-electron chi connectivity index (χ4n) is 4.59. The highest BCUT2D eigenvalue weighted by Crippen LogP contribution is 2.36. The molecule has 4 aromatic rings. The summed E-state index contributed by atoms with van der Waals surface area (Å²) in [4.78, 5) is 17.4. The van der Waals surface area contributed by atoms with Gasteiger partial charge in [0, 0.05) is 37.0 Å². The topological polar surface area (TPSA) is 55.1 Å². The van der Waals surface area contributed by atoms with E-state index in [1.165, 1.54) is 11.1 Å². The molecule has 1 aliphatic rings. The lowest BCUT2D eigenvalue weighted by atomic mass is 9.99. The van der Waals surface area contributed by atoms with Crippen LogP contribution in [0.5, 0.6) is 0 Å². The lowest BCUT2D eigenvalue weighted by Crippen LogP contribution is -2.31. The molecular weight excluding hydrogens is 398 g/mol. The number of hydrogen-bond donors (Lipinski definition) is 1. The predicted octanol–water partition coefficient (Wildman–Crippen LogP) is 4.44. The molecule has 0 atom stereocenters. The second-order valence-electron chi connectivity index (χ2n) is 8.03. The summed E-state index contributed by atoms with van der Waals surface area (Å²) in [5.74, 6) is 0.850. The Morgan fingerprint density at radius 1 is 0.906 bits per heavy atom. The quantitative estimate of drug-likeness (QED) is 0.514. The molecule has 0 saturated carbocycles. The number of fused-ring (bicyclic) bond motifs is 1. The van der Waals surface area contributed by atoms with E-state index in [2.05, 4.69) is 64.8 Å².